The average Bonchev–Trinajstić information content (AvgIpc) is 3.04. The Balaban J connectivity index is 1.50. The smallest absolute Gasteiger partial charge is 0.223 e. The van der Waals surface area contributed by atoms with Crippen LogP contribution in [0.1, 0.15) is 19.3 Å². The number of hydrogen-bond donors (Lipinski definition) is 1. The molecule has 0 saturated carbocycles. The summed E-state index contributed by atoms with van der Waals surface area (Å²) in [4.78, 5) is 16.5. The van der Waals surface area contributed by atoms with E-state index in [0.29, 0.717) is 25.3 Å². The molecular weight excluding hydrogens is 324 g/mol. The highest BCUT2D eigenvalue weighted by Gasteiger charge is 2.30. The lowest BCUT2D eigenvalue weighted by atomic mass is 9.95. The van der Waals surface area contributed by atoms with Gasteiger partial charge in [0, 0.05) is 31.1 Å². The number of rotatable bonds is 4. The molecular formula is C19H23F2N3O. The fraction of sp³-hybridized carbons (Fsp3) is 0.526. The van der Waals surface area contributed by atoms with Gasteiger partial charge in [-0.2, -0.15) is 0 Å². The molecule has 0 radical (unpaired) electrons. The van der Waals surface area contributed by atoms with Crippen LogP contribution in [0.15, 0.2) is 18.2 Å². The molecule has 3 rings (SSSR count). The summed E-state index contributed by atoms with van der Waals surface area (Å²) in [5.74, 6) is 1.59. The van der Waals surface area contributed by atoms with Crippen molar-refractivity contribution in [3.05, 3.63) is 29.8 Å². The number of nitrogens with one attached hydrogen (secondary N) is 1. The van der Waals surface area contributed by atoms with Gasteiger partial charge in [-0.25, -0.2) is 8.78 Å². The van der Waals surface area contributed by atoms with Gasteiger partial charge in [0.25, 0.3) is 0 Å². The second-order valence-corrected chi connectivity index (χ2v) is 6.79. The summed E-state index contributed by atoms with van der Waals surface area (Å²) in [6.07, 6.45) is 7.71. The summed E-state index contributed by atoms with van der Waals surface area (Å²) in [5.41, 5.74) is 0.390. The number of nitrogens with zero attached hydrogens (tertiary/aromatic N) is 2. The van der Waals surface area contributed by atoms with Crippen molar-refractivity contribution in [1.82, 2.24) is 10.2 Å². The number of halogens is 2. The van der Waals surface area contributed by atoms with Crippen molar-refractivity contribution in [3.8, 4) is 12.3 Å². The van der Waals surface area contributed by atoms with Crippen molar-refractivity contribution in [2.24, 2.45) is 5.92 Å². The van der Waals surface area contributed by atoms with Crippen molar-refractivity contribution in [3.63, 3.8) is 0 Å². The van der Waals surface area contributed by atoms with E-state index in [-0.39, 0.29) is 17.9 Å². The van der Waals surface area contributed by atoms with E-state index in [4.69, 9.17) is 6.42 Å². The van der Waals surface area contributed by atoms with Crippen LogP contribution in [-0.2, 0) is 4.79 Å². The largest absolute Gasteiger partial charge is 0.367 e. The zero-order valence-corrected chi connectivity index (χ0v) is 14.2. The summed E-state index contributed by atoms with van der Waals surface area (Å²) in [5, 5.41) is 3.09. The fourth-order valence-electron chi connectivity index (χ4n) is 3.64. The highest BCUT2D eigenvalue weighted by Crippen LogP contribution is 2.25. The average molecular weight is 347 g/mol. The standard InChI is InChI=1S/C19H23F2N3O/c1-2-8-23-9-5-14(6-10-23)19(25)22-16-7-11-24(13-16)18-4-3-15(20)12-17(18)21/h1,3-4,12,14,16H,5-11,13H2,(H,22,25). The second-order valence-electron chi connectivity index (χ2n) is 6.79. The quantitative estimate of drug-likeness (QED) is 0.847. The van der Waals surface area contributed by atoms with E-state index in [0.717, 1.165) is 38.4 Å². The molecule has 2 saturated heterocycles. The summed E-state index contributed by atoms with van der Waals surface area (Å²) in [7, 11) is 0. The Morgan fingerprint density at radius 2 is 2.00 bits per heavy atom. The third kappa shape index (κ3) is 4.29. The first-order valence-electron chi connectivity index (χ1n) is 8.73. The molecule has 1 aromatic rings. The van der Waals surface area contributed by atoms with Gasteiger partial charge < -0.3 is 10.2 Å². The molecule has 134 valence electrons. The van der Waals surface area contributed by atoms with E-state index >= 15 is 0 Å². The van der Waals surface area contributed by atoms with Crippen LogP contribution in [0.5, 0.6) is 0 Å². The molecule has 2 heterocycles. The third-order valence-electron chi connectivity index (χ3n) is 5.06. The van der Waals surface area contributed by atoms with Crippen LogP contribution in [0.3, 0.4) is 0 Å². The van der Waals surface area contributed by atoms with Crippen LogP contribution in [0, 0.1) is 29.9 Å². The predicted octanol–water partition coefficient (Wildman–Crippen LogP) is 2.00. The number of hydrogen-bond acceptors (Lipinski definition) is 3. The summed E-state index contributed by atoms with van der Waals surface area (Å²) >= 11 is 0. The molecule has 1 unspecified atom stereocenters. The SMILES string of the molecule is C#CCN1CCC(C(=O)NC2CCN(c3ccc(F)cc3F)C2)CC1. The molecule has 2 aliphatic heterocycles. The highest BCUT2D eigenvalue weighted by atomic mass is 19.1. The van der Waals surface area contributed by atoms with E-state index in [1.165, 1.54) is 12.1 Å². The summed E-state index contributed by atoms with van der Waals surface area (Å²) in [6, 6.07) is 3.61. The van der Waals surface area contributed by atoms with Crippen molar-refractivity contribution < 1.29 is 13.6 Å². The van der Waals surface area contributed by atoms with Crippen LogP contribution >= 0.6 is 0 Å². The number of amides is 1. The Hall–Kier alpha value is -2.13. The number of likely N-dealkylation sites (tertiary alicyclic amines) is 1. The summed E-state index contributed by atoms with van der Waals surface area (Å²) in [6.45, 7) is 3.52. The Kier molecular flexibility index (Phi) is 5.54. The number of piperidine rings is 1. The van der Waals surface area contributed by atoms with Crippen molar-refractivity contribution >= 4 is 11.6 Å². The van der Waals surface area contributed by atoms with Gasteiger partial charge in [0.05, 0.1) is 12.2 Å². The van der Waals surface area contributed by atoms with Crippen LogP contribution in [0.25, 0.3) is 0 Å². The van der Waals surface area contributed by atoms with E-state index in [9.17, 15) is 13.6 Å². The fourth-order valence-corrected chi connectivity index (χ4v) is 3.64. The maximum atomic E-state index is 13.9. The van der Waals surface area contributed by atoms with Crippen molar-refractivity contribution in [1.29, 1.82) is 0 Å². The lowest BCUT2D eigenvalue weighted by Gasteiger charge is -2.30. The first-order chi connectivity index (χ1) is 12.1. The predicted molar refractivity (Wildman–Crippen MR) is 93.1 cm³/mol. The molecule has 1 N–H and O–H groups in total. The van der Waals surface area contributed by atoms with Crippen LogP contribution in [-0.4, -0.2) is 49.6 Å². The number of terminal acetylenes is 1. The zero-order chi connectivity index (χ0) is 17.8. The van der Waals surface area contributed by atoms with Crippen LogP contribution in [0.4, 0.5) is 14.5 Å². The molecule has 1 aromatic carbocycles. The maximum Gasteiger partial charge on any atom is 0.223 e. The van der Waals surface area contributed by atoms with E-state index in [2.05, 4.69) is 16.1 Å². The van der Waals surface area contributed by atoms with Crippen LogP contribution < -0.4 is 10.2 Å². The minimum absolute atomic E-state index is 0.000640. The van der Waals surface area contributed by atoms with E-state index in [1.807, 2.05) is 4.90 Å². The minimum atomic E-state index is -0.582. The molecule has 0 aliphatic carbocycles. The third-order valence-corrected chi connectivity index (χ3v) is 5.06. The number of benzene rings is 1. The first kappa shape index (κ1) is 17.7. The molecule has 2 fully saturated rings. The van der Waals surface area contributed by atoms with Gasteiger partial charge in [0.1, 0.15) is 11.6 Å². The molecule has 25 heavy (non-hydrogen) atoms. The lowest BCUT2D eigenvalue weighted by Crippen LogP contribution is -2.44. The first-order valence-corrected chi connectivity index (χ1v) is 8.73. The Labute approximate surface area is 147 Å². The topological polar surface area (TPSA) is 35.6 Å². The monoisotopic (exact) mass is 347 g/mol. The molecule has 4 nitrogen and oxygen atoms in total. The van der Waals surface area contributed by atoms with Gasteiger partial charge >= 0.3 is 0 Å². The molecule has 0 aromatic heterocycles. The van der Waals surface area contributed by atoms with E-state index < -0.39 is 11.6 Å². The highest BCUT2D eigenvalue weighted by molar-refractivity contribution is 5.79. The molecule has 0 spiro atoms. The lowest BCUT2D eigenvalue weighted by molar-refractivity contribution is -0.127. The molecule has 1 atom stereocenters. The molecule has 0 bridgehead atoms. The van der Waals surface area contributed by atoms with E-state index in [1.54, 1.807) is 0 Å². The van der Waals surface area contributed by atoms with Gasteiger partial charge in [-0.1, -0.05) is 5.92 Å². The van der Waals surface area contributed by atoms with Crippen LogP contribution in [0.2, 0.25) is 0 Å². The second kappa shape index (κ2) is 7.83. The van der Waals surface area contributed by atoms with Gasteiger partial charge in [-0.15, -0.1) is 6.42 Å². The molecule has 2 aliphatic rings. The van der Waals surface area contributed by atoms with Crippen molar-refractivity contribution in [2.45, 2.75) is 25.3 Å². The Morgan fingerprint density at radius 1 is 1.24 bits per heavy atom. The number of anilines is 1. The van der Waals surface area contributed by atoms with Gasteiger partial charge in [-0.05, 0) is 44.5 Å². The van der Waals surface area contributed by atoms with Gasteiger partial charge in [0.2, 0.25) is 5.91 Å². The zero-order valence-electron chi connectivity index (χ0n) is 14.2. The van der Waals surface area contributed by atoms with Gasteiger partial charge in [0.15, 0.2) is 0 Å². The molecule has 1 amide bonds. The normalized spacial score (nSPS) is 22.0. The maximum absolute atomic E-state index is 13.9. The Morgan fingerprint density at radius 3 is 2.68 bits per heavy atom. The van der Waals surface area contributed by atoms with Crippen molar-refractivity contribution in [2.75, 3.05) is 37.6 Å². The Bertz CT molecular complexity index is 665. The number of carbonyl (C=O) groups is 1. The minimum Gasteiger partial charge on any atom is -0.367 e. The summed E-state index contributed by atoms with van der Waals surface area (Å²) < 4.78 is 26.9. The van der Waals surface area contributed by atoms with Gasteiger partial charge in [-0.3, -0.25) is 9.69 Å². The number of carbonyl (C=O) groups excluding carboxylic acids is 1. The molecule has 6 heteroatoms.